The molecule has 116 valence electrons. The van der Waals surface area contributed by atoms with E-state index in [0.29, 0.717) is 5.69 Å². The molecule has 3 N–H and O–H groups in total. The number of rotatable bonds is 5. The van der Waals surface area contributed by atoms with E-state index in [-0.39, 0.29) is 27.1 Å². The fourth-order valence-corrected chi connectivity index (χ4v) is 2.24. The summed E-state index contributed by atoms with van der Waals surface area (Å²) in [5, 5.41) is 21.5. The van der Waals surface area contributed by atoms with Gasteiger partial charge in [0.05, 0.1) is 15.7 Å². The highest BCUT2D eigenvalue weighted by atomic mass is 35.5. The first-order valence-corrected chi connectivity index (χ1v) is 6.83. The molecule has 0 radical (unpaired) electrons. The van der Waals surface area contributed by atoms with Crippen molar-refractivity contribution >= 4 is 40.8 Å². The largest absolute Gasteiger partial charge is 0.479 e. The summed E-state index contributed by atoms with van der Waals surface area (Å²) in [5.74, 6) is -2.37. The van der Waals surface area contributed by atoms with Gasteiger partial charge in [0, 0.05) is 0 Å². The van der Waals surface area contributed by atoms with Crippen LogP contribution in [-0.2, 0) is 4.79 Å². The number of benzene rings is 1. The number of carboxylic acids is 2. The molecule has 0 bridgehead atoms. The van der Waals surface area contributed by atoms with E-state index in [1.165, 1.54) is 13.0 Å². The highest BCUT2D eigenvalue weighted by Gasteiger charge is 2.27. The van der Waals surface area contributed by atoms with Gasteiger partial charge in [0.25, 0.3) is 0 Å². The molecule has 1 aromatic heterocycles. The van der Waals surface area contributed by atoms with E-state index in [1.807, 2.05) is 0 Å². The van der Waals surface area contributed by atoms with Crippen molar-refractivity contribution in [2.45, 2.75) is 13.0 Å². The van der Waals surface area contributed by atoms with Gasteiger partial charge in [-0.2, -0.15) is 0 Å². The van der Waals surface area contributed by atoms with E-state index in [0.717, 1.165) is 0 Å². The Morgan fingerprint density at radius 3 is 2.50 bits per heavy atom. The van der Waals surface area contributed by atoms with Gasteiger partial charge in [0.2, 0.25) is 0 Å². The number of aliphatic carboxylic acids is 1. The maximum Gasteiger partial charge on any atom is 0.339 e. The van der Waals surface area contributed by atoms with Crippen LogP contribution in [0, 0.1) is 6.92 Å². The first-order chi connectivity index (χ1) is 10.3. The van der Waals surface area contributed by atoms with Crippen LogP contribution in [0.2, 0.25) is 10.0 Å². The highest BCUT2D eigenvalue weighted by molar-refractivity contribution is 6.43. The number of anilines is 1. The minimum Gasteiger partial charge on any atom is -0.479 e. The number of carboxylic acid groups (broad SMARTS) is 2. The number of hydrogen-bond donors (Lipinski definition) is 3. The second-order valence-corrected chi connectivity index (χ2v) is 5.23. The van der Waals surface area contributed by atoms with E-state index >= 15 is 0 Å². The molecule has 0 aliphatic heterocycles. The van der Waals surface area contributed by atoms with Crippen LogP contribution in [-0.4, -0.2) is 22.2 Å². The molecule has 1 aromatic carbocycles. The molecule has 1 atom stereocenters. The minimum atomic E-state index is -1.30. The summed E-state index contributed by atoms with van der Waals surface area (Å²) in [6.45, 7) is 1.44. The normalized spacial score (nSPS) is 12.0. The van der Waals surface area contributed by atoms with E-state index in [1.54, 1.807) is 18.2 Å². The van der Waals surface area contributed by atoms with Crippen molar-refractivity contribution in [2.24, 2.45) is 0 Å². The van der Waals surface area contributed by atoms with Crippen molar-refractivity contribution in [3.63, 3.8) is 0 Å². The molecule has 0 fully saturated rings. The Morgan fingerprint density at radius 1 is 1.27 bits per heavy atom. The van der Waals surface area contributed by atoms with Gasteiger partial charge in [0.15, 0.2) is 6.04 Å². The van der Waals surface area contributed by atoms with E-state index in [2.05, 4.69) is 5.32 Å². The molecule has 0 saturated heterocycles. The number of nitrogens with one attached hydrogen (secondary N) is 1. The Balaban J connectivity index is 2.39. The van der Waals surface area contributed by atoms with Crippen LogP contribution < -0.4 is 5.32 Å². The van der Waals surface area contributed by atoms with Crippen LogP contribution in [0.25, 0.3) is 0 Å². The molecule has 0 aliphatic carbocycles. The molecule has 0 saturated carbocycles. The Bertz CT molecular complexity index is 741. The average molecular weight is 344 g/mol. The van der Waals surface area contributed by atoms with Crippen molar-refractivity contribution < 1.29 is 24.2 Å². The molecular formula is C14H11Cl2NO5. The van der Waals surface area contributed by atoms with E-state index in [9.17, 15) is 14.7 Å². The fraction of sp³-hybridized carbons (Fsp3) is 0.143. The predicted octanol–water partition coefficient (Wildman–Crippen LogP) is 3.83. The number of carbonyl (C=O) groups is 2. The van der Waals surface area contributed by atoms with E-state index in [4.69, 9.17) is 32.7 Å². The van der Waals surface area contributed by atoms with Gasteiger partial charge in [-0.1, -0.05) is 29.3 Å². The lowest BCUT2D eigenvalue weighted by Crippen LogP contribution is -2.20. The van der Waals surface area contributed by atoms with Crippen LogP contribution in [0.1, 0.15) is 27.9 Å². The average Bonchev–Trinajstić information content (AvgIpc) is 2.82. The van der Waals surface area contributed by atoms with Crippen LogP contribution in [0.15, 0.2) is 28.7 Å². The maximum atomic E-state index is 11.4. The topological polar surface area (TPSA) is 99.8 Å². The van der Waals surface area contributed by atoms with Gasteiger partial charge in [-0.3, -0.25) is 0 Å². The number of furan rings is 1. The Morgan fingerprint density at radius 2 is 1.95 bits per heavy atom. The second-order valence-electron chi connectivity index (χ2n) is 4.44. The third-order valence-corrected chi connectivity index (χ3v) is 3.77. The number of hydrogen-bond acceptors (Lipinski definition) is 4. The molecular weight excluding hydrogens is 333 g/mol. The lowest BCUT2D eigenvalue weighted by atomic mass is 10.1. The minimum absolute atomic E-state index is 0.0431. The Kier molecular flexibility index (Phi) is 4.63. The van der Waals surface area contributed by atoms with Gasteiger partial charge >= 0.3 is 11.9 Å². The summed E-state index contributed by atoms with van der Waals surface area (Å²) in [7, 11) is 0. The fourth-order valence-electron chi connectivity index (χ4n) is 1.89. The quantitative estimate of drug-likeness (QED) is 0.762. The number of halogens is 2. The van der Waals surface area contributed by atoms with Crippen LogP contribution in [0.5, 0.6) is 0 Å². The van der Waals surface area contributed by atoms with Crippen LogP contribution >= 0.6 is 23.2 Å². The molecule has 1 heterocycles. The summed E-state index contributed by atoms with van der Waals surface area (Å²) in [4.78, 5) is 22.5. The van der Waals surface area contributed by atoms with Crippen molar-refractivity contribution in [1.29, 1.82) is 0 Å². The number of aromatic carboxylic acids is 1. The van der Waals surface area contributed by atoms with Crippen molar-refractivity contribution in [3.8, 4) is 0 Å². The summed E-state index contributed by atoms with van der Waals surface area (Å²) in [6, 6.07) is 4.58. The van der Waals surface area contributed by atoms with E-state index < -0.39 is 18.0 Å². The standard InChI is InChI=1S/C14H11Cl2NO5/c1-6-7(13(18)19)5-10(22-6)12(14(20)21)17-9-4-2-3-8(15)11(9)16/h2-5,12,17H,1H3,(H,18,19)(H,20,21). The Labute approximate surface area is 135 Å². The maximum absolute atomic E-state index is 11.4. The summed E-state index contributed by atoms with van der Waals surface area (Å²) < 4.78 is 5.24. The van der Waals surface area contributed by atoms with Crippen molar-refractivity contribution in [2.75, 3.05) is 5.32 Å². The van der Waals surface area contributed by atoms with Gasteiger partial charge in [-0.05, 0) is 25.1 Å². The first kappa shape index (κ1) is 16.2. The summed E-state index contributed by atoms with van der Waals surface area (Å²) in [5.41, 5.74) is 0.202. The lowest BCUT2D eigenvalue weighted by Gasteiger charge is -2.15. The van der Waals surface area contributed by atoms with Gasteiger partial charge < -0.3 is 19.9 Å². The molecule has 0 amide bonds. The molecule has 22 heavy (non-hydrogen) atoms. The predicted molar refractivity (Wildman–Crippen MR) is 80.9 cm³/mol. The molecule has 6 nitrogen and oxygen atoms in total. The molecule has 2 aromatic rings. The van der Waals surface area contributed by atoms with Crippen LogP contribution in [0.4, 0.5) is 5.69 Å². The highest BCUT2D eigenvalue weighted by Crippen LogP contribution is 2.33. The molecule has 2 rings (SSSR count). The van der Waals surface area contributed by atoms with Gasteiger partial charge in [-0.25, -0.2) is 9.59 Å². The lowest BCUT2D eigenvalue weighted by molar-refractivity contribution is -0.138. The Hall–Kier alpha value is -2.18. The third kappa shape index (κ3) is 3.18. The zero-order chi connectivity index (χ0) is 16.4. The molecule has 1 unspecified atom stereocenters. The monoisotopic (exact) mass is 343 g/mol. The van der Waals surface area contributed by atoms with Gasteiger partial charge in [0.1, 0.15) is 17.1 Å². The van der Waals surface area contributed by atoms with Crippen molar-refractivity contribution in [3.05, 3.63) is 51.4 Å². The molecule has 0 aliphatic rings. The summed E-state index contributed by atoms with van der Waals surface area (Å²) in [6.07, 6.45) is 0. The zero-order valence-corrected chi connectivity index (χ0v) is 12.8. The summed E-state index contributed by atoms with van der Waals surface area (Å²) >= 11 is 11.9. The van der Waals surface area contributed by atoms with Gasteiger partial charge in [-0.15, -0.1) is 0 Å². The van der Waals surface area contributed by atoms with Crippen LogP contribution in [0.3, 0.4) is 0 Å². The van der Waals surface area contributed by atoms with Crippen molar-refractivity contribution in [1.82, 2.24) is 0 Å². The first-order valence-electron chi connectivity index (χ1n) is 6.08. The second kappa shape index (κ2) is 6.29. The number of aryl methyl sites for hydroxylation is 1. The smallest absolute Gasteiger partial charge is 0.339 e. The molecule has 8 heteroatoms. The SMILES string of the molecule is Cc1oc(C(Nc2cccc(Cl)c2Cl)C(=O)O)cc1C(=O)O. The zero-order valence-electron chi connectivity index (χ0n) is 11.3. The molecule has 0 spiro atoms. The third-order valence-electron chi connectivity index (χ3n) is 2.95.